The number of hydrogen-bond donors (Lipinski definition) is 1. The number of carbonyl (C=O) groups is 1. The van der Waals surface area contributed by atoms with Crippen LogP contribution in [0.4, 0.5) is 13.9 Å². The van der Waals surface area contributed by atoms with Gasteiger partial charge in [0.25, 0.3) is 0 Å². The molecule has 1 heterocycles. The molecule has 0 radical (unpaired) electrons. The third-order valence-electron chi connectivity index (χ3n) is 3.69. The second kappa shape index (κ2) is 9.18. The number of nitrogens with one attached hydrogen (secondary N) is 1. The summed E-state index contributed by atoms with van der Waals surface area (Å²) in [6, 6.07) is 10.5. The summed E-state index contributed by atoms with van der Waals surface area (Å²) in [6.45, 7) is 2.08. The summed E-state index contributed by atoms with van der Waals surface area (Å²) in [5.74, 6) is -1.56. The van der Waals surface area contributed by atoms with Crippen LogP contribution in [0, 0.1) is 11.6 Å². The van der Waals surface area contributed by atoms with Crippen LogP contribution in [0.15, 0.2) is 52.9 Å². The summed E-state index contributed by atoms with van der Waals surface area (Å²) in [7, 11) is 0. The highest BCUT2D eigenvalue weighted by atomic mass is 32.1. The van der Waals surface area contributed by atoms with Crippen LogP contribution in [-0.2, 0) is 16.0 Å². The van der Waals surface area contributed by atoms with Crippen molar-refractivity contribution in [1.29, 1.82) is 0 Å². The molecule has 0 aliphatic carbocycles. The fraction of sp³-hybridized carbons (Fsp3) is 0.150. The predicted molar refractivity (Wildman–Crippen MR) is 105 cm³/mol. The first kappa shape index (κ1) is 19.6. The molecule has 0 aliphatic heterocycles. The first-order valence-corrected chi connectivity index (χ1v) is 9.37. The molecule has 0 amide bonds. The molecule has 0 bridgehead atoms. The Morgan fingerprint density at radius 1 is 1.29 bits per heavy atom. The standard InChI is InChI=1S/C20H17F2N3O2S/c1-2-27-19(26)10-16-12-28-20(24-16)25-23-11-13-4-3-5-14(8-13)17-7-6-15(21)9-18(17)22/h3-9,11-12H,2,10H2,1H3,(H,24,25). The second-order valence-electron chi connectivity index (χ2n) is 5.75. The highest BCUT2D eigenvalue weighted by Gasteiger charge is 2.08. The maximum atomic E-state index is 14.0. The van der Waals surface area contributed by atoms with E-state index >= 15 is 0 Å². The monoisotopic (exact) mass is 401 g/mol. The summed E-state index contributed by atoms with van der Waals surface area (Å²) in [6.07, 6.45) is 1.68. The minimum absolute atomic E-state index is 0.112. The highest BCUT2D eigenvalue weighted by Crippen LogP contribution is 2.24. The summed E-state index contributed by atoms with van der Waals surface area (Å²) >= 11 is 1.32. The molecule has 0 fully saturated rings. The zero-order valence-electron chi connectivity index (χ0n) is 15.0. The van der Waals surface area contributed by atoms with Gasteiger partial charge in [-0.2, -0.15) is 5.10 Å². The van der Waals surface area contributed by atoms with Gasteiger partial charge in [-0.05, 0) is 36.2 Å². The van der Waals surface area contributed by atoms with Crippen LogP contribution >= 0.6 is 11.3 Å². The molecular formula is C20H17F2N3O2S. The summed E-state index contributed by atoms with van der Waals surface area (Å²) < 4.78 is 31.9. The second-order valence-corrected chi connectivity index (χ2v) is 6.60. The zero-order valence-corrected chi connectivity index (χ0v) is 15.8. The molecule has 28 heavy (non-hydrogen) atoms. The van der Waals surface area contributed by atoms with E-state index in [2.05, 4.69) is 15.5 Å². The number of hydrazone groups is 1. The van der Waals surface area contributed by atoms with Gasteiger partial charge in [0.1, 0.15) is 11.6 Å². The Balaban J connectivity index is 1.65. The van der Waals surface area contributed by atoms with Gasteiger partial charge in [-0.25, -0.2) is 13.8 Å². The van der Waals surface area contributed by atoms with Crippen molar-refractivity contribution in [3.63, 3.8) is 0 Å². The van der Waals surface area contributed by atoms with E-state index in [-0.39, 0.29) is 12.4 Å². The largest absolute Gasteiger partial charge is 0.466 e. The molecule has 0 saturated heterocycles. The molecule has 144 valence electrons. The van der Waals surface area contributed by atoms with Crippen LogP contribution in [0.1, 0.15) is 18.2 Å². The molecular weight excluding hydrogens is 384 g/mol. The van der Waals surface area contributed by atoms with E-state index in [4.69, 9.17) is 4.74 Å². The number of rotatable bonds is 7. The van der Waals surface area contributed by atoms with Crippen molar-refractivity contribution in [2.75, 3.05) is 12.0 Å². The summed E-state index contributed by atoms with van der Waals surface area (Å²) in [4.78, 5) is 15.7. The molecule has 0 spiro atoms. The lowest BCUT2D eigenvalue weighted by Gasteiger charge is -2.04. The Kier molecular flexibility index (Phi) is 6.44. The van der Waals surface area contributed by atoms with E-state index in [1.54, 1.807) is 36.7 Å². The Hall–Kier alpha value is -3.13. The van der Waals surface area contributed by atoms with Crippen molar-refractivity contribution < 1.29 is 18.3 Å². The maximum absolute atomic E-state index is 14.0. The molecule has 3 rings (SSSR count). The minimum Gasteiger partial charge on any atom is -0.466 e. The van der Waals surface area contributed by atoms with E-state index in [0.717, 1.165) is 11.6 Å². The number of carbonyl (C=O) groups excluding carboxylic acids is 1. The molecule has 0 saturated carbocycles. The van der Waals surface area contributed by atoms with Crippen molar-refractivity contribution in [3.05, 3.63) is 70.7 Å². The SMILES string of the molecule is CCOC(=O)Cc1csc(NN=Cc2cccc(-c3ccc(F)cc3F)c2)n1. The van der Waals surface area contributed by atoms with Crippen molar-refractivity contribution in [2.24, 2.45) is 5.10 Å². The fourth-order valence-corrected chi connectivity index (χ4v) is 3.13. The van der Waals surface area contributed by atoms with E-state index in [0.29, 0.717) is 28.6 Å². The third-order valence-corrected chi connectivity index (χ3v) is 4.48. The lowest BCUT2D eigenvalue weighted by molar-refractivity contribution is -0.142. The zero-order chi connectivity index (χ0) is 19.9. The molecule has 2 aromatic carbocycles. The van der Waals surface area contributed by atoms with Gasteiger partial charge in [0, 0.05) is 17.0 Å². The number of thiazole rings is 1. The lowest BCUT2D eigenvalue weighted by Crippen LogP contribution is -2.07. The van der Waals surface area contributed by atoms with Gasteiger partial charge in [-0.15, -0.1) is 11.3 Å². The average Bonchev–Trinajstić information content (AvgIpc) is 3.09. The van der Waals surface area contributed by atoms with Crippen LogP contribution in [0.25, 0.3) is 11.1 Å². The third kappa shape index (κ3) is 5.20. The maximum Gasteiger partial charge on any atom is 0.311 e. The molecule has 3 aromatic rings. The molecule has 0 aliphatic rings. The normalized spacial score (nSPS) is 11.0. The Morgan fingerprint density at radius 2 is 2.14 bits per heavy atom. The Labute approximate surface area is 164 Å². The minimum atomic E-state index is -0.621. The molecule has 5 nitrogen and oxygen atoms in total. The molecule has 8 heteroatoms. The van der Waals surface area contributed by atoms with Gasteiger partial charge in [0.05, 0.1) is 24.9 Å². The number of aromatic nitrogens is 1. The van der Waals surface area contributed by atoms with E-state index in [9.17, 15) is 13.6 Å². The number of ether oxygens (including phenoxy) is 1. The van der Waals surface area contributed by atoms with E-state index in [1.807, 2.05) is 6.07 Å². The number of hydrogen-bond acceptors (Lipinski definition) is 6. The Bertz CT molecular complexity index is 1000. The summed E-state index contributed by atoms with van der Waals surface area (Å²) in [5.41, 5.74) is 5.07. The van der Waals surface area contributed by atoms with Gasteiger partial charge in [0.2, 0.25) is 5.13 Å². The van der Waals surface area contributed by atoms with Crippen LogP contribution in [0.5, 0.6) is 0 Å². The number of halogens is 2. The van der Waals surface area contributed by atoms with Gasteiger partial charge in [-0.1, -0.05) is 18.2 Å². The van der Waals surface area contributed by atoms with Crippen molar-refractivity contribution in [1.82, 2.24) is 4.98 Å². The first-order chi connectivity index (χ1) is 13.5. The number of nitrogens with zero attached hydrogens (tertiary/aromatic N) is 2. The quantitative estimate of drug-likeness (QED) is 0.356. The van der Waals surface area contributed by atoms with E-state index < -0.39 is 11.6 Å². The van der Waals surface area contributed by atoms with Gasteiger partial charge < -0.3 is 4.74 Å². The molecule has 1 aromatic heterocycles. The topological polar surface area (TPSA) is 63.6 Å². The van der Waals surface area contributed by atoms with Crippen LogP contribution in [-0.4, -0.2) is 23.8 Å². The van der Waals surface area contributed by atoms with Crippen molar-refractivity contribution in [2.45, 2.75) is 13.3 Å². The van der Waals surface area contributed by atoms with Crippen molar-refractivity contribution in [3.8, 4) is 11.1 Å². The van der Waals surface area contributed by atoms with Crippen LogP contribution < -0.4 is 5.43 Å². The number of benzene rings is 2. The first-order valence-electron chi connectivity index (χ1n) is 8.49. The Morgan fingerprint density at radius 3 is 2.93 bits per heavy atom. The fourth-order valence-electron chi connectivity index (χ4n) is 2.47. The van der Waals surface area contributed by atoms with Crippen LogP contribution in [0.2, 0.25) is 0 Å². The van der Waals surface area contributed by atoms with E-state index in [1.165, 1.54) is 23.5 Å². The van der Waals surface area contributed by atoms with Gasteiger partial charge >= 0.3 is 5.97 Å². The van der Waals surface area contributed by atoms with Gasteiger partial charge in [-0.3, -0.25) is 10.2 Å². The summed E-state index contributed by atoms with van der Waals surface area (Å²) in [5, 5.41) is 6.41. The average molecular weight is 401 g/mol. The number of esters is 1. The molecule has 1 N–H and O–H groups in total. The predicted octanol–water partition coefficient (Wildman–Crippen LogP) is 4.64. The molecule has 0 atom stereocenters. The number of anilines is 1. The van der Waals surface area contributed by atoms with Gasteiger partial charge in [0.15, 0.2) is 0 Å². The molecule has 0 unspecified atom stereocenters. The smallest absolute Gasteiger partial charge is 0.311 e. The highest BCUT2D eigenvalue weighted by molar-refractivity contribution is 7.13. The lowest BCUT2D eigenvalue weighted by atomic mass is 10.0. The van der Waals surface area contributed by atoms with Crippen molar-refractivity contribution >= 4 is 28.7 Å². The van der Waals surface area contributed by atoms with Crippen LogP contribution in [0.3, 0.4) is 0 Å².